The van der Waals surface area contributed by atoms with Crippen LogP contribution in [0.25, 0.3) is 11.3 Å². The summed E-state index contributed by atoms with van der Waals surface area (Å²) < 4.78 is 5.32. The third-order valence-corrected chi connectivity index (χ3v) is 3.81. The van der Waals surface area contributed by atoms with E-state index in [1.807, 2.05) is 37.3 Å². The fourth-order valence-corrected chi connectivity index (χ4v) is 2.60. The Morgan fingerprint density at radius 3 is 2.67 bits per heavy atom. The standard InChI is InChI=1S/C16H13N3OS/c1-11-19-16(10-21-11)12-2-4-13(5-3-12)18-9-15-7-6-14(8-17)20-15/h2-7,10,18H,9H2,1H3. The number of aromatic nitrogens is 1. The second-order valence-electron chi connectivity index (χ2n) is 4.56. The second kappa shape index (κ2) is 5.81. The predicted octanol–water partition coefficient (Wildman–Crippen LogP) is 4.20. The summed E-state index contributed by atoms with van der Waals surface area (Å²) in [6.07, 6.45) is 0. The summed E-state index contributed by atoms with van der Waals surface area (Å²) in [4.78, 5) is 4.47. The highest BCUT2D eigenvalue weighted by atomic mass is 32.1. The third kappa shape index (κ3) is 3.12. The van der Waals surface area contributed by atoms with Crippen molar-refractivity contribution in [1.29, 1.82) is 5.26 Å². The van der Waals surface area contributed by atoms with Gasteiger partial charge in [0.1, 0.15) is 11.8 Å². The van der Waals surface area contributed by atoms with Gasteiger partial charge in [-0.05, 0) is 31.2 Å². The number of thiazole rings is 1. The first-order valence-corrected chi connectivity index (χ1v) is 7.38. The zero-order valence-corrected chi connectivity index (χ0v) is 12.3. The highest BCUT2D eigenvalue weighted by Gasteiger charge is 2.03. The summed E-state index contributed by atoms with van der Waals surface area (Å²) in [6.45, 7) is 2.56. The van der Waals surface area contributed by atoms with E-state index in [0.717, 1.165) is 27.7 Å². The quantitative estimate of drug-likeness (QED) is 0.783. The Hall–Kier alpha value is -2.58. The van der Waals surface area contributed by atoms with Crippen molar-refractivity contribution in [2.75, 3.05) is 5.32 Å². The Bertz CT molecular complexity index is 780. The lowest BCUT2D eigenvalue weighted by atomic mass is 10.1. The Balaban J connectivity index is 1.66. The Kier molecular flexibility index (Phi) is 3.71. The molecule has 3 aromatic rings. The number of anilines is 1. The van der Waals surface area contributed by atoms with Crippen LogP contribution in [0.15, 0.2) is 46.2 Å². The van der Waals surface area contributed by atoms with E-state index >= 15 is 0 Å². The molecule has 0 atom stereocenters. The molecule has 4 nitrogen and oxygen atoms in total. The Morgan fingerprint density at radius 1 is 1.24 bits per heavy atom. The van der Waals surface area contributed by atoms with Crippen molar-refractivity contribution in [3.05, 3.63) is 58.3 Å². The minimum Gasteiger partial charge on any atom is -0.449 e. The van der Waals surface area contributed by atoms with Crippen molar-refractivity contribution in [2.24, 2.45) is 0 Å². The van der Waals surface area contributed by atoms with Gasteiger partial charge in [0.25, 0.3) is 0 Å². The van der Waals surface area contributed by atoms with Crippen LogP contribution < -0.4 is 5.32 Å². The summed E-state index contributed by atoms with van der Waals surface area (Å²) in [5, 5.41) is 15.1. The van der Waals surface area contributed by atoms with E-state index in [4.69, 9.17) is 9.68 Å². The zero-order valence-electron chi connectivity index (χ0n) is 11.5. The van der Waals surface area contributed by atoms with Gasteiger partial charge in [0.2, 0.25) is 5.76 Å². The number of furan rings is 1. The molecule has 0 amide bonds. The number of nitrogens with zero attached hydrogens (tertiary/aromatic N) is 2. The van der Waals surface area contributed by atoms with Crippen LogP contribution in [0.3, 0.4) is 0 Å². The van der Waals surface area contributed by atoms with E-state index in [0.29, 0.717) is 12.3 Å². The predicted molar refractivity (Wildman–Crippen MR) is 83.0 cm³/mol. The molecule has 2 heterocycles. The van der Waals surface area contributed by atoms with Crippen LogP contribution in [0, 0.1) is 18.3 Å². The maximum absolute atomic E-state index is 8.71. The SMILES string of the molecule is Cc1nc(-c2ccc(NCc3ccc(C#N)o3)cc2)cs1. The van der Waals surface area contributed by atoms with E-state index in [-0.39, 0.29) is 0 Å². The highest BCUT2D eigenvalue weighted by Crippen LogP contribution is 2.23. The molecule has 0 spiro atoms. The molecule has 0 unspecified atom stereocenters. The van der Waals surface area contributed by atoms with Crippen LogP contribution in [0.5, 0.6) is 0 Å². The number of benzene rings is 1. The van der Waals surface area contributed by atoms with E-state index < -0.39 is 0 Å². The van der Waals surface area contributed by atoms with Crippen molar-refractivity contribution < 1.29 is 4.42 Å². The molecular formula is C16H13N3OS. The van der Waals surface area contributed by atoms with Crippen molar-refractivity contribution in [3.8, 4) is 17.3 Å². The average molecular weight is 295 g/mol. The van der Waals surface area contributed by atoms with Crippen LogP contribution in [-0.4, -0.2) is 4.98 Å². The lowest BCUT2D eigenvalue weighted by Crippen LogP contribution is -1.97. The van der Waals surface area contributed by atoms with Crippen LogP contribution in [0.2, 0.25) is 0 Å². The second-order valence-corrected chi connectivity index (χ2v) is 5.62. The molecule has 5 heteroatoms. The molecule has 3 rings (SSSR count). The first-order valence-electron chi connectivity index (χ1n) is 6.50. The van der Waals surface area contributed by atoms with Gasteiger partial charge in [0.15, 0.2) is 0 Å². The number of nitrogens with one attached hydrogen (secondary N) is 1. The first kappa shape index (κ1) is 13.4. The molecule has 0 fully saturated rings. The zero-order chi connectivity index (χ0) is 14.7. The van der Waals surface area contributed by atoms with Gasteiger partial charge in [0, 0.05) is 16.6 Å². The van der Waals surface area contributed by atoms with Crippen molar-refractivity contribution in [3.63, 3.8) is 0 Å². The molecule has 0 saturated carbocycles. The maximum atomic E-state index is 8.71. The van der Waals surface area contributed by atoms with Crippen LogP contribution in [-0.2, 0) is 6.54 Å². The largest absolute Gasteiger partial charge is 0.449 e. The Morgan fingerprint density at radius 2 is 2.05 bits per heavy atom. The highest BCUT2D eigenvalue weighted by molar-refractivity contribution is 7.09. The molecule has 0 radical (unpaired) electrons. The molecule has 0 aliphatic carbocycles. The smallest absolute Gasteiger partial charge is 0.203 e. The summed E-state index contributed by atoms with van der Waals surface area (Å²) in [6, 6.07) is 13.6. The molecule has 1 N–H and O–H groups in total. The summed E-state index contributed by atoms with van der Waals surface area (Å²) in [5.74, 6) is 1.08. The summed E-state index contributed by atoms with van der Waals surface area (Å²) in [7, 11) is 0. The minimum absolute atomic E-state index is 0.334. The topological polar surface area (TPSA) is 61.9 Å². The van der Waals surface area contributed by atoms with Crippen LogP contribution >= 0.6 is 11.3 Å². The number of aryl methyl sites for hydroxylation is 1. The molecule has 2 aromatic heterocycles. The number of hydrogen-bond acceptors (Lipinski definition) is 5. The van der Waals surface area contributed by atoms with Crippen LogP contribution in [0.4, 0.5) is 5.69 Å². The summed E-state index contributed by atoms with van der Waals surface area (Å²) in [5.41, 5.74) is 3.11. The number of rotatable bonds is 4. The molecule has 104 valence electrons. The maximum Gasteiger partial charge on any atom is 0.203 e. The van der Waals surface area contributed by atoms with Gasteiger partial charge >= 0.3 is 0 Å². The van der Waals surface area contributed by atoms with E-state index in [9.17, 15) is 0 Å². The molecule has 1 aromatic carbocycles. The summed E-state index contributed by atoms with van der Waals surface area (Å²) >= 11 is 1.65. The van der Waals surface area contributed by atoms with Gasteiger partial charge in [-0.25, -0.2) is 4.98 Å². The third-order valence-electron chi connectivity index (χ3n) is 3.04. The molecule has 0 aliphatic heterocycles. The lowest BCUT2D eigenvalue weighted by molar-refractivity contribution is 0.506. The van der Waals surface area contributed by atoms with Gasteiger partial charge in [-0.15, -0.1) is 11.3 Å². The van der Waals surface area contributed by atoms with Gasteiger partial charge in [-0.2, -0.15) is 5.26 Å². The first-order chi connectivity index (χ1) is 10.2. The van der Waals surface area contributed by atoms with Crippen LogP contribution in [0.1, 0.15) is 16.5 Å². The van der Waals surface area contributed by atoms with Crippen molar-refractivity contribution >= 4 is 17.0 Å². The van der Waals surface area contributed by atoms with Crippen molar-refractivity contribution in [1.82, 2.24) is 4.98 Å². The molecule has 21 heavy (non-hydrogen) atoms. The monoisotopic (exact) mass is 295 g/mol. The molecule has 0 saturated heterocycles. The van der Waals surface area contributed by atoms with Gasteiger partial charge in [-0.3, -0.25) is 0 Å². The normalized spacial score (nSPS) is 10.3. The van der Waals surface area contributed by atoms with Gasteiger partial charge in [0.05, 0.1) is 17.2 Å². The Labute approximate surface area is 126 Å². The van der Waals surface area contributed by atoms with Gasteiger partial charge < -0.3 is 9.73 Å². The number of nitriles is 1. The van der Waals surface area contributed by atoms with E-state index in [1.165, 1.54) is 0 Å². The molecular weight excluding hydrogens is 282 g/mol. The lowest BCUT2D eigenvalue weighted by Gasteiger charge is -2.05. The van der Waals surface area contributed by atoms with E-state index in [2.05, 4.69) is 15.7 Å². The molecule has 0 bridgehead atoms. The minimum atomic E-state index is 0.334. The van der Waals surface area contributed by atoms with Crippen molar-refractivity contribution in [2.45, 2.75) is 13.5 Å². The van der Waals surface area contributed by atoms with Gasteiger partial charge in [-0.1, -0.05) is 12.1 Å². The fraction of sp³-hybridized carbons (Fsp3) is 0.125. The fourth-order valence-electron chi connectivity index (χ4n) is 1.98. The molecule has 0 aliphatic rings. The van der Waals surface area contributed by atoms with E-state index in [1.54, 1.807) is 23.5 Å². The number of hydrogen-bond donors (Lipinski definition) is 1. The average Bonchev–Trinajstić information content (AvgIpc) is 3.14.